The molecule has 1 aromatic heterocycles. The molecule has 1 amide bonds. The topological polar surface area (TPSA) is 81.0 Å². The first-order valence-electron chi connectivity index (χ1n) is 10.9. The first-order chi connectivity index (χ1) is 16.0. The Bertz CT molecular complexity index is 1220. The van der Waals surface area contributed by atoms with Crippen molar-refractivity contribution in [3.63, 3.8) is 0 Å². The van der Waals surface area contributed by atoms with Gasteiger partial charge in [-0.25, -0.2) is 0 Å². The van der Waals surface area contributed by atoms with Crippen molar-refractivity contribution in [1.29, 1.82) is 5.26 Å². The van der Waals surface area contributed by atoms with E-state index in [0.717, 1.165) is 41.4 Å². The summed E-state index contributed by atoms with van der Waals surface area (Å²) in [5.74, 6) is -0.140. The Labute approximate surface area is 198 Å². The molecule has 1 fully saturated rings. The number of benzene rings is 2. The highest BCUT2D eigenvalue weighted by Crippen LogP contribution is 2.36. The molecule has 3 aromatic rings. The van der Waals surface area contributed by atoms with Gasteiger partial charge in [-0.2, -0.15) is 5.26 Å². The molecular weight excluding hydrogens is 434 g/mol. The summed E-state index contributed by atoms with van der Waals surface area (Å²) in [6.07, 6.45) is 3.31. The molecule has 1 aliphatic rings. The summed E-state index contributed by atoms with van der Waals surface area (Å²) >= 11 is 6.50. The van der Waals surface area contributed by atoms with Crippen LogP contribution >= 0.6 is 11.6 Å². The molecule has 4 rings (SSSR count). The number of likely N-dealkylation sites (tertiary alicyclic amines) is 1. The molecule has 0 aliphatic carbocycles. The van der Waals surface area contributed by atoms with Gasteiger partial charge in [-0.1, -0.05) is 42.4 Å². The Morgan fingerprint density at radius 3 is 2.88 bits per heavy atom. The van der Waals surface area contributed by atoms with Gasteiger partial charge in [0.2, 0.25) is 0 Å². The van der Waals surface area contributed by atoms with E-state index in [9.17, 15) is 4.79 Å². The lowest BCUT2D eigenvalue weighted by Crippen LogP contribution is -2.45. The summed E-state index contributed by atoms with van der Waals surface area (Å²) in [4.78, 5) is 19.1. The number of nitrogens with one attached hydrogen (secondary N) is 2. The molecule has 2 aromatic carbocycles. The minimum Gasteiger partial charge on any atom is -0.379 e. The standard InChI is InChI=1S/C26H26ClN5O/c1-17(15-28)16-30-25-21-13-19(7-6-18(21)8-9-22(25)27)24-14-20(10-12-32(24)2)31-26(33)23-5-3-4-11-29-23/h3-9,11,13,20,24,30H,1,10,12,14,16H2,2H3,(H,31,33). The predicted octanol–water partition coefficient (Wildman–Crippen LogP) is 4.95. The van der Waals surface area contributed by atoms with Crippen LogP contribution in [0.15, 0.2) is 66.9 Å². The van der Waals surface area contributed by atoms with Crippen LogP contribution in [0, 0.1) is 11.3 Å². The van der Waals surface area contributed by atoms with Crippen LogP contribution in [0.1, 0.15) is 34.9 Å². The van der Waals surface area contributed by atoms with Crippen LogP contribution in [0.3, 0.4) is 0 Å². The Kier molecular flexibility index (Phi) is 6.93. The Morgan fingerprint density at radius 2 is 2.12 bits per heavy atom. The molecule has 0 radical (unpaired) electrons. The fourth-order valence-electron chi connectivity index (χ4n) is 4.29. The van der Waals surface area contributed by atoms with Crippen molar-refractivity contribution in [3.05, 3.63) is 83.2 Å². The molecule has 1 aliphatic heterocycles. The number of nitriles is 1. The summed E-state index contributed by atoms with van der Waals surface area (Å²) in [6.45, 7) is 4.95. The van der Waals surface area contributed by atoms with Gasteiger partial charge in [0, 0.05) is 42.3 Å². The highest BCUT2D eigenvalue weighted by molar-refractivity contribution is 6.35. The maximum Gasteiger partial charge on any atom is 0.270 e. The molecule has 7 heteroatoms. The maximum absolute atomic E-state index is 12.6. The minimum absolute atomic E-state index is 0.0623. The molecular formula is C26H26ClN5O. The fourth-order valence-corrected chi connectivity index (χ4v) is 4.52. The van der Waals surface area contributed by atoms with E-state index in [1.54, 1.807) is 18.3 Å². The highest BCUT2D eigenvalue weighted by Gasteiger charge is 2.29. The minimum atomic E-state index is -0.140. The van der Waals surface area contributed by atoms with E-state index in [1.165, 1.54) is 0 Å². The van der Waals surface area contributed by atoms with Gasteiger partial charge >= 0.3 is 0 Å². The second-order valence-electron chi connectivity index (χ2n) is 8.38. The SMILES string of the molecule is C=C(C#N)CNc1c(Cl)ccc2ccc(C3CC(NC(=O)c4ccccn4)CCN3C)cc12. The molecule has 2 N–H and O–H groups in total. The van der Waals surface area contributed by atoms with Crippen molar-refractivity contribution in [3.8, 4) is 6.07 Å². The van der Waals surface area contributed by atoms with E-state index in [0.29, 0.717) is 22.8 Å². The average molecular weight is 460 g/mol. The van der Waals surface area contributed by atoms with E-state index < -0.39 is 0 Å². The van der Waals surface area contributed by atoms with E-state index in [-0.39, 0.29) is 18.0 Å². The highest BCUT2D eigenvalue weighted by atomic mass is 35.5. The van der Waals surface area contributed by atoms with Crippen molar-refractivity contribution < 1.29 is 4.79 Å². The van der Waals surface area contributed by atoms with Crippen LogP contribution in [0.25, 0.3) is 10.8 Å². The summed E-state index contributed by atoms with van der Waals surface area (Å²) in [5.41, 5.74) is 2.83. The summed E-state index contributed by atoms with van der Waals surface area (Å²) in [6, 6.07) is 17.8. The average Bonchev–Trinajstić information content (AvgIpc) is 2.84. The van der Waals surface area contributed by atoms with Crippen LogP contribution in [0.4, 0.5) is 5.69 Å². The molecule has 2 heterocycles. The number of hydrogen-bond acceptors (Lipinski definition) is 5. The third-order valence-electron chi connectivity index (χ3n) is 6.12. The molecule has 2 unspecified atom stereocenters. The monoisotopic (exact) mass is 459 g/mol. The molecule has 1 saturated heterocycles. The number of rotatable bonds is 6. The van der Waals surface area contributed by atoms with E-state index in [2.05, 4.69) is 58.4 Å². The lowest BCUT2D eigenvalue weighted by Gasteiger charge is -2.38. The second kappa shape index (κ2) is 10.0. The Hall–Kier alpha value is -3.40. The number of hydrogen-bond donors (Lipinski definition) is 2. The molecule has 168 valence electrons. The third-order valence-corrected chi connectivity index (χ3v) is 6.43. The molecule has 6 nitrogen and oxygen atoms in total. The zero-order valence-electron chi connectivity index (χ0n) is 18.5. The van der Waals surface area contributed by atoms with Crippen molar-refractivity contribution in [2.45, 2.75) is 24.9 Å². The summed E-state index contributed by atoms with van der Waals surface area (Å²) < 4.78 is 0. The van der Waals surface area contributed by atoms with Crippen LogP contribution in [-0.4, -0.2) is 42.0 Å². The van der Waals surface area contributed by atoms with Gasteiger partial charge in [-0.3, -0.25) is 14.7 Å². The molecule has 0 bridgehead atoms. The lowest BCUT2D eigenvalue weighted by atomic mass is 9.90. The lowest BCUT2D eigenvalue weighted by molar-refractivity contribution is 0.0883. The van der Waals surface area contributed by atoms with Crippen LogP contribution in [0.5, 0.6) is 0 Å². The molecule has 0 spiro atoms. The van der Waals surface area contributed by atoms with Crippen molar-refractivity contribution >= 4 is 34.0 Å². The second-order valence-corrected chi connectivity index (χ2v) is 8.79. The summed E-state index contributed by atoms with van der Waals surface area (Å²) in [5, 5.41) is 18.1. The van der Waals surface area contributed by atoms with Gasteiger partial charge in [-0.05, 0) is 55.1 Å². The number of halogens is 1. The number of piperidine rings is 1. The number of carbonyl (C=O) groups is 1. The Morgan fingerprint density at radius 1 is 1.30 bits per heavy atom. The van der Waals surface area contributed by atoms with Crippen LogP contribution in [-0.2, 0) is 0 Å². The number of nitrogens with zero attached hydrogens (tertiary/aromatic N) is 3. The number of amides is 1. The van der Waals surface area contributed by atoms with E-state index >= 15 is 0 Å². The van der Waals surface area contributed by atoms with Gasteiger partial charge in [0.15, 0.2) is 0 Å². The quantitative estimate of drug-likeness (QED) is 0.510. The van der Waals surface area contributed by atoms with Gasteiger partial charge in [0.05, 0.1) is 16.8 Å². The molecule has 0 saturated carbocycles. The zero-order valence-corrected chi connectivity index (χ0v) is 19.3. The first-order valence-corrected chi connectivity index (χ1v) is 11.3. The number of carbonyl (C=O) groups excluding carboxylic acids is 1. The molecule has 2 atom stereocenters. The van der Waals surface area contributed by atoms with Crippen LogP contribution in [0.2, 0.25) is 5.02 Å². The summed E-state index contributed by atoms with van der Waals surface area (Å²) in [7, 11) is 2.11. The first kappa shape index (κ1) is 22.8. The van der Waals surface area contributed by atoms with Gasteiger partial charge in [0.25, 0.3) is 5.91 Å². The van der Waals surface area contributed by atoms with E-state index in [4.69, 9.17) is 16.9 Å². The van der Waals surface area contributed by atoms with Crippen molar-refractivity contribution in [1.82, 2.24) is 15.2 Å². The smallest absolute Gasteiger partial charge is 0.270 e. The normalized spacial score (nSPS) is 18.5. The molecule has 33 heavy (non-hydrogen) atoms. The van der Waals surface area contributed by atoms with E-state index in [1.807, 2.05) is 18.2 Å². The van der Waals surface area contributed by atoms with Gasteiger partial charge in [-0.15, -0.1) is 0 Å². The van der Waals surface area contributed by atoms with Gasteiger partial charge in [0.1, 0.15) is 5.69 Å². The number of fused-ring (bicyclic) bond motifs is 1. The predicted molar refractivity (Wildman–Crippen MR) is 132 cm³/mol. The fraction of sp³-hybridized carbons (Fsp3) is 0.269. The van der Waals surface area contributed by atoms with Gasteiger partial charge < -0.3 is 10.6 Å². The number of aromatic nitrogens is 1. The maximum atomic E-state index is 12.6. The largest absolute Gasteiger partial charge is 0.379 e. The van der Waals surface area contributed by atoms with Crippen molar-refractivity contribution in [2.75, 3.05) is 25.5 Å². The zero-order chi connectivity index (χ0) is 23.4. The number of anilines is 1. The third kappa shape index (κ3) is 5.16. The van der Waals surface area contributed by atoms with Crippen LogP contribution < -0.4 is 10.6 Å². The number of pyridine rings is 1. The Balaban J connectivity index is 1.58. The van der Waals surface area contributed by atoms with Crippen molar-refractivity contribution in [2.24, 2.45) is 0 Å².